The molecule has 0 aromatic carbocycles. The van der Waals surface area contributed by atoms with E-state index in [4.69, 9.17) is 18.9 Å². The maximum atomic E-state index is 12.9. The number of carboxylic acids is 1. The molecule has 0 fully saturated rings. The van der Waals surface area contributed by atoms with E-state index in [9.17, 15) is 19.5 Å². The molecule has 0 spiro atoms. The molecule has 0 aliphatic heterocycles. The number of esters is 2. The molecular weight excluding hydrogens is 995 g/mol. The molecule has 0 aromatic heterocycles. The number of hydrogen-bond donors (Lipinski definition) is 1. The quantitative estimate of drug-likeness (QED) is 0.0211. The van der Waals surface area contributed by atoms with E-state index in [2.05, 4.69) is 74.6 Å². The summed E-state index contributed by atoms with van der Waals surface area (Å²) in [6.07, 6.45) is 77.6. The lowest BCUT2D eigenvalue weighted by molar-refractivity contribution is -0.870. The second-order valence-corrected chi connectivity index (χ2v) is 24.1. The van der Waals surface area contributed by atoms with E-state index in [1.165, 1.54) is 205 Å². The van der Waals surface area contributed by atoms with E-state index < -0.39 is 24.3 Å². The molecule has 0 heterocycles. The lowest BCUT2D eigenvalue weighted by atomic mass is 10.0. The first-order valence-corrected chi connectivity index (χ1v) is 34.0. The zero-order valence-electron chi connectivity index (χ0n) is 53.2. The molecule has 80 heavy (non-hydrogen) atoms. The molecule has 0 radical (unpaired) electrons. The summed E-state index contributed by atoms with van der Waals surface area (Å²) in [5.74, 6) is -2.00. The van der Waals surface area contributed by atoms with Crippen molar-refractivity contribution < 1.29 is 42.9 Å². The van der Waals surface area contributed by atoms with Gasteiger partial charge in [-0.15, -0.1) is 0 Å². The van der Waals surface area contributed by atoms with Gasteiger partial charge in [-0.25, -0.2) is 4.79 Å². The number of allylic oxidation sites excluding steroid dienone is 10. The van der Waals surface area contributed by atoms with Crippen LogP contribution in [0.5, 0.6) is 0 Å². The SMILES string of the molecule is CC/C=C\C/C=C\C/C=C\C/C=C\C/C=C\CCCCCCCCCCCC(=O)OC(COC(=O)CCCCCCCCCCCCCCCCCCCCCCCCCCCCCCCC)COC(OCC[N+](C)(C)C)C(=O)O. The Morgan fingerprint density at radius 2 is 0.713 bits per heavy atom. The van der Waals surface area contributed by atoms with Crippen molar-refractivity contribution in [1.29, 1.82) is 0 Å². The summed E-state index contributed by atoms with van der Waals surface area (Å²) in [6.45, 7) is 4.80. The Labute approximate surface area is 495 Å². The van der Waals surface area contributed by atoms with E-state index in [1.807, 2.05) is 21.1 Å². The smallest absolute Gasteiger partial charge is 0.361 e. The highest BCUT2D eigenvalue weighted by molar-refractivity contribution is 5.71. The summed E-state index contributed by atoms with van der Waals surface area (Å²) >= 11 is 0. The van der Waals surface area contributed by atoms with Gasteiger partial charge in [0, 0.05) is 12.8 Å². The van der Waals surface area contributed by atoms with E-state index >= 15 is 0 Å². The van der Waals surface area contributed by atoms with Gasteiger partial charge in [0.05, 0.1) is 34.4 Å². The molecule has 0 amide bonds. The van der Waals surface area contributed by atoms with Crippen LogP contribution in [0.3, 0.4) is 0 Å². The summed E-state index contributed by atoms with van der Waals surface area (Å²) in [5.41, 5.74) is 0. The molecular formula is C71H130NO8+. The number of rotatable bonds is 63. The number of nitrogens with zero attached hydrogens (tertiary/aromatic N) is 1. The lowest BCUT2D eigenvalue weighted by Gasteiger charge is -2.25. The first kappa shape index (κ1) is 77.0. The van der Waals surface area contributed by atoms with Crippen molar-refractivity contribution >= 4 is 17.9 Å². The molecule has 2 unspecified atom stereocenters. The van der Waals surface area contributed by atoms with Gasteiger partial charge in [0.25, 0.3) is 6.29 Å². The molecule has 9 heteroatoms. The Morgan fingerprint density at radius 3 is 1.06 bits per heavy atom. The highest BCUT2D eigenvalue weighted by Crippen LogP contribution is 2.18. The van der Waals surface area contributed by atoms with Crippen LogP contribution in [-0.2, 0) is 33.3 Å². The molecule has 0 bridgehead atoms. The first-order chi connectivity index (χ1) is 39.1. The van der Waals surface area contributed by atoms with Gasteiger partial charge in [-0.3, -0.25) is 9.59 Å². The third-order valence-corrected chi connectivity index (χ3v) is 15.0. The van der Waals surface area contributed by atoms with Crippen LogP contribution >= 0.6 is 0 Å². The van der Waals surface area contributed by atoms with Gasteiger partial charge in [-0.1, -0.05) is 306 Å². The van der Waals surface area contributed by atoms with Crippen molar-refractivity contribution in [1.82, 2.24) is 0 Å². The van der Waals surface area contributed by atoms with Crippen LogP contribution in [-0.4, -0.2) is 87.4 Å². The number of unbranched alkanes of at least 4 members (excludes halogenated alkanes) is 38. The summed E-state index contributed by atoms with van der Waals surface area (Å²) in [4.78, 5) is 37.6. The second-order valence-electron chi connectivity index (χ2n) is 24.1. The van der Waals surface area contributed by atoms with Crippen LogP contribution in [0.15, 0.2) is 60.8 Å². The van der Waals surface area contributed by atoms with Gasteiger partial charge in [-0.05, 0) is 57.8 Å². The molecule has 9 nitrogen and oxygen atoms in total. The average molecular weight is 1130 g/mol. The van der Waals surface area contributed by atoms with Gasteiger partial charge in [-0.2, -0.15) is 0 Å². The van der Waals surface area contributed by atoms with Crippen molar-refractivity contribution in [3.8, 4) is 0 Å². The lowest BCUT2D eigenvalue weighted by Crippen LogP contribution is -2.40. The topological polar surface area (TPSA) is 108 Å². The van der Waals surface area contributed by atoms with Crippen molar-refractivity contribution in [3.05, 3.63) is 60.8 Å². The van der Waals surface area contributed by atoms with Crippen molar-refractivity contribution in [2.24, 2.45) is 0 Å². The minimum atomic E-state index is -1.51. The Kier molecular flexibility index (Phi) is 59.7. The van der Waals surface area contributed by atoms with Crippen LogP contribution in [0.25, 0.3) is 0 Å². The van der Waals surface area contributed by atoms with Crippen LogP contribution < -0.4 is 0 Å². The Bertz CT molecular complexity index is 1500. The molecule has 0 aliphatic rings. The maximum absolute atomic E-state index is 12.9. The van der Waals surface area contributed by atoms with E-state index in [0.717, 1.165) is 77.0 Å². The summed E-state index contributed by atoms with van der Waals surface area (Å²) in [6, 6.07) is 0. The predicted molar refractivity (Wildman–Crippen MR) is 341 cm³/mol. The monoisotopic (exact) mass is 1120 g/mol. The summed E-state index contributed by atoms with van der Waals surface area (Å²) < 4.78 is 23.0. The normalized spacial score (nSPS) is 13.1. The largest absolute Gasteiger partial charge is 0.477 e. The zero-order chi connectivity index (χ0) is 58.3. The van der Waals surface area contributed by atoms with Crippen LogP contribution in [0, 0.1) is 0 Å². The minimum absolute atomic E-state index is 0.183. The fraction of sp³-hybridized carbons (Fsp3) is 0.817. The number of ether oxygens (including phenoxy) is 4. The number of aliphatic carboxylic acids is 1. The molecule has 0 aliphatic carbocycles. The second kappa shape index (κ2) is 62.0. The third kappa shape index (κ3) is 62.6. The van der Waals surface area contributed by atoms with Gasteiger partial charge in [0.2, 0.25) is 0 Å². The van der Waals surface area contributed by atoms with Gasteiger partial charge < -0.3 is 28.5 Å². The van der Waals surface area contributed by atoms with E-state index in [1.54, 1.807) is 0 Å². The molecule has 1 N–H and O–H groups in total. The molecule has 0 saturated heterocycles. The molecule has 0 saturated carbocycles. The first-order valence-electron chi connectivity index (χ1n) is 34.0. The fourth-order valence-electron chi connectivity index (χ4n) is 9.87. The highest BCUT2D eigenvalue weighted by atomic mass is 16.7. The molecule has 0 rings (SSSR count). The summed E-state index contributed by atoms with van der Waals surface area (Å²) in [5, 5.41) is 9.74. The van der Waals surface area contributed by atoms with Crippen LogP contribution in [0.4, 0.5) is 0 Å². The predicted octanol–water partition coefficient (Wildman–Crippen LogP) is 20.7. The third-order valence-electron chi connectivity index (χ3n) is 15.0. The minimum Gasteiger partial charge on any atom is -0.477 e. The fourth-order valence-corrected chi connectivity index (χ4v) is 9.87. The number of quaternary nitrogens is 1. The van der Waals surface area contributed by atoms with Crippen molar-refractivity contribution in [2.45, 2.75) is 328 Å². The van der Waals surface area contributed by atoms with Gasteiger partial charge in [0.1, 0.15) is 13.2 Å². The Hall–Kier alpha value is -3.01. The number of hydrogen-bond acceptors (Lipinski definition) is 7. The average Bonchev–Trinajstić information content (AvgIpc) is 3.43. The molecule has 0 aromatic rings. The van der Waals surface area contributed by atoms with Crippen molar-refractivity contribution in [2.75, 3.05) is 47.5 Å². The zero-order valence-corrected chi connectivity index (χ0v) is 53.2. The maximum Gasteiger partial charge on any atom is 0.361 e. The highest BCUT2D eigenvalue weighted by Gasteiger charge is 2.25. The standard InChI is InChI=1S/C71H129NO8/c1-6-8-10-12-14-16-18-20-22-24-26-28-30-32-33-34-35-36-38-39-41-43-45-47-49-51-53-55-57-59-61-68(73)78-65-67(66-79-71(70(75)76)77-64-63-72(3,4)5)80-69(74)62-60-58-56-54-52-50-48-46-44-42-40-37-31-29-27-25-23-21-19-17-15-13-11-9-7-2/h9,11,15,17,21,23,27,29,37,40,67,71H,6-8,10,12-14,16,18-20,22,24-26,28,30-36,38-39,41-66H2,1-5H3/p+1/b11-9-,17-15-,23-21-,29-27-,40-37-. The Balaban J connectivity index is 4.11. The number of carboxylic acid groups (broad SMARTS) is 1. The van der Waals surface area contributed by atoms with Crippen LogP contribution in [0.2, 0.25) is 0 Å². The van der Waals surface area contributed by atoms with Gasteiger partial charge in [0.15, 0.2) is 6.10 Å². The van der Waals surface area contributed by atoms with E-state index in [0.29, 0.717) is 23.9 Å². The number of carbonyl (C=O) groups excluding carboxylic acids is 2. The number of carbonyl (C=O) groups is 3. The number of likely N-dealkylation sites (N-methyl/N-ethyl adjacent to an activating group) is 1. The van der Waals surface area contributed by atoms with Crippen LogP contribution in [0.1, 0.15) is 316 Å². The molecule has 2 atom stereocenters. The summed E-state index contributed by atoms with van der Waals surface area (Å²) in [7, 11) is 5.98. The van der Waals surface area contributed by atoms with E-state index in [-0.39, 0.29) is 32.2 Å². The van der Waals surface area contributed by atoms with Crippen molar-refractivity contribution in [3.63, 3.8) is 0 Å². The van der Waals surface area contributed by atoms with Gasteiger partial charge >= 0.3 is 17.9 Å². The molecule has 466 valence electrons. The Morgan fingerprint density at radius 1 is 0.388 bits per heavy atom.